The molecule has 88 valence electrons. The third-order valence-electron chi connectivity index (χ3n) is 3.65. The van der Waals surface area contributed by atoms with Gasteiger partial charge in [-0.2, -0.15) is 0 Å². The normalized spacial score (nSPS) is 20.3. The number of hydrogen-bond acceptors (Lipinski definition) is 1. The zero-order valence-electron chi connectivity index (χ0n) is 9.50. The molecule has 0 saturated heterocycles. The molecule has 17 heavy (non-hydrogen) atoms. The van der Waals surface area contributed by atoms with Crippen LogP contribution in [0.25, 0.3) is 10.9 Å². The zero-order valence-corrected chi connectivity index (χ0v) is 9.50. The van der Waals surface area contributed by atoms with Crippen molar-refractivity contribution in [1.29, 1.82) is 0 Å². The predicted molar refractivity (Wildman–Crippen MR) is 64.3 cm³/mol. The van der Waals surface area contributed by atoms with Gasteiger partial charge in [-0.05, 0) is 30.9 Å². The molecular weight excluding hydrogens is 217 g/mol. The molecular formula is C14H14FNO. The molecule has 1 saturated carbocycles. The molecule has 1 atom stereocenters. The maximum atomic E-state index is 13.5. The van der Waals surface area contributed by atoms with Crippen LogP contribution in [-0.4, -0.2) is 10.8 Å². The molecule has 3 heteroatoms. The summed E-state index contributed by atoms with van der Waals surface area (Å²) in [4.78, 5) is 14.6. The molecule has 1 heterocycles. The predicted octanol–water partition coefficient (Wildman–Crippen LogP) is 3.22. The van der Waals surface area contributed by atoms with Crippen molar-refractivity contribution < 1.29 is 9.18 Å². The molecule has 2 aromatic rings. The quantitative estimate of drug-likeness (QED) is 0.845. The Hall–Kier alpha value is -1.64. The highest BCUT2D eigenvalue weighted by atomic mass is 19.1. The number of Topliss-reactive ketones (excluding diaryl/α,β-unsaturated/α-hetero) is 1. The summed E-state index contributed by atoms with van der Waals surface area (Å²) >= 11 is 0. The number of hydrogen-bond donors (Lipinski definition) is 1. The fraction of sp³-hybridized carbons (Fsp3) is 0.357. The Morgan fingerprint density at radius 1 is 1.41 bits per heavy atom. The summed E-state index contributed by atoms with van der Waals surface area (Å²) in [7, 11) is 0. The van der Waals surface area contributed by atoms with Gasteiger partial charge in [-0.1, -0.05) is 12.1 Å². The van der Waals surface area contributed by atoms with Crippen LogP contribution in [0, 0.1) is 11.7 Å². The average Bonchev–Trinajstić information content (AvgIpc) is 2.89. The van der Waals surface area contributed by atoms with E-state index in [-0.39, 0.29) is 11.7 Å². The second kappa shape index (κ2) is 3.99. The fourth-order valence-corrected chi connectivity index (χ4v) is 2.71. The first-order valence-corrected chi connectivity index (χ1v) is 6.03. The molecule has 2 nitrogen and oxygen atoms in total. The van der Waals surface area contributed by atoms with Gasteiger partial charge in [0.25, 0.3) is 0 Å². The van der Waals surface area contributed by atoms with E-state index in [9.17, 15) is 9.18 Å². The summed E-state index contributed by atoms with van der Waals surface area (Å²) in [6, 6.07) is 5.07. The molecule has 1 aromatic heterocycles. The van der Waals surface area contributed by atoms with E-state index < -0.39 is 0 Å². The van der Waals surface area contributed by atoms with Gasteiger partial charge in [0.2, 0.25) is 0 Å². The second-order valence-corrected chi connectivity index (χ2v) is 4.74. The lowest BCUT2D eigenvalue weighted by atomic mass is 9.97. The number of benzene rings is 1. The Morgan fingerprint density at radius 2 is 2.29 bits per heavy atom. The van der Waals surface area contributed by atoms with Crippen molar-refractivity contribution in [3.8, 4) is 0 Å². The fourth-order valence-electron chi connectivity index (χ4n) is 2.71. The van der Waals surface area contributed by atoms with Crippen LogP contribution in [0.4, 0.5) is 4.39 Å². The van der Waals surface area contributed by atoms with Gasteiger partial charge in [0, 0.05) is 23.9 Å². The van der Waals surface area contributed by atoms with E-state index in [1.54, 1.807) is 6.07 Å². The minimum Gasteiger partial charge on any atom is -0.359 e. The van der Waals surface area contributed by atoms with Gasteiger partial charge < -0.3 is 4.98 Å². The van der Waals surface area contributed by atoms with E-state index in [1.807, 2.05) is 12.3 Å². The van der Waals surface area contributed by atoms with Crippen LogP contribution in [0.15, 0.2) is 24.4 Å². The van der Waals surface area contributed by atoms with Gasteiger partial charge in [0.15, 0.2) is 0 Å². The first-order chi connectivity index (χ1) is 8.25. The maximum absolute atomic E-state index is 13.5. The zero-order chi connectivity index (χ0) is 11.8. The van der Waals surface area contributed by atoms with E-state index in [4.69, 9.17) is 0 Å². The lowest BCUT2D eigenvalue weighted by Gasteiger charge is -2.06. The van der Waals surface area contributed by atoms with Crippen LogP contribution in [-0.2, 0) is 11.2 Å². The molecule has 1 unspecified atom stereocenters. The van der Waals surface area contributed by atoms with Crippen molar-refractivity contribution >= 4 is 16.7 Å². The number of rotatable bonds is 2. The highest BCUT2D eigenvalue weighted by Crippen LogP contribution is 2.28. The van der Waals surface area contributed by atoms with Gasteiger partial charge in [0.1, 0.15) is 11.6 Å². The van der Waals surface area contributed by atoms with Crippen molar-refractivity contribution in [3.05, 3.63) is 35.8 Å². The van der Waals surface area contributed by atoms with E-state index in [2.05, 4.69) is 4.98 Å². The molecule has 0 radical (unpaired) electrons. The average molecular weight is 231 g/mol. The van der Waals surface area contributed by atoms with Crippen LogP contribution < -0.4 is 0 Å². The van der Waals surface area contributed by atoms with Gasteiger partial charge in [-0.15, -0.1) is 0 Å². The summed E-state index contributed by atoms with van der Waals surface area (Å²) in [5.41, 5.74) is 1.60. The lowest BCUT2D eigenvalue weighted by Crippen LogP contribution is -2.09. The first-order valence-electron chi connectivity index (χ1n) is 6.03. The molecule has 3 rings (SSSR count). The van der Waals surface area contributed by atoms with Crippen LogP contribution in [0.2, 0.25) is 0 Å². The van der Waals surface area contributed by atoms with Crippen LogP contribution in [0.5, 0.6) is 0 Å². The first kappa shape index (κ1) is 10.5. The molecule has 1 aliphatic carbocycles. The smallest absolute Gasteiger partial charge is 0.147 e. The monoisotopic (exact) mass is 231 g/mol. The van der Waals surface area contributed by atoms with E-state index in [0.717, 1.165) is 30.2 Å². The number of carbonyl (C=O) groups is 1. The Kier molecular flexibility index (Phi) is 2.46. The van der Waals surface area contributed by atoms with E-state index >= 15 is 0 Å². The SMILES string of the molecule is O=C1CCCC1Cc1c[nH]c2c(F)cccc12. The standard InChI is InChI=1S/C14H14FNO/c15-12-5-2-4-11-10(8-16-14(11)12)7-9-3-1-6-13(9)17/h2,4-5,8-9,16H,1,3,6-7H2. The van der Waals surface area contributed by atoms with Gasteiger partial charge >= 0.3 is 0 Å². The Morgan fingerprint density at radius 3 is 3.06 bits per heavy atom. The van der Waals surface area contributed by atoms with Crippen LogP contribution in [0.1, 0.15) is 24.8 Å². The minimum absolute atomic E-state index is 0.136. The number of para-hydroxylation sites is 1. The minimum atomic E-state index is -0.230. The van der Waals surface area contributed by atoms with E-state index in [0.29, 0.717) is 17.7 Å². The highest BCUT2D eigenvalue weighted by molar-refractivity contribution is 5.86. The van der Waals surface area contributed by atoms with Gasteiger partial charge in [-0.25, -0.2) is 4.39 Å². The topological polar surface area (TPSA) is 32.9 Å². The summed E-state index contributed by atoms with van der Waals surface area (Å²) in [5.74, 6) is 0.263. The molecule has 1 aromatic carbocycles. The number of aromatic amines is 1. The third kappa shape index (κ3) is 1.75. The number of carbonyl (C=O) groups excluding carboxylic acids is 1. The number of nitrogens with one attached hydrogen (secondary N) is 1. The third-order valence-corrected chi connectivity index (χ3v) is 3.65. The molecule has 1 fully saturated rings. The van der Waals surface area contributed by atoms with Crippen molar-refractivity contribution in [3.63, 3.8) is 0 Å². The van der Waals surface area contributed by atoms with Crippen LogP contribution >= 0.6 is 0 Å². The summed E-state index contributed by atoms with van der Waals surface area (Å²) in [6.45, 7) is 0. The summed E-state index contributed by atoms with van der Waals surface area (Å²) in [6.07, 6.45) is 5.25. The highest BCUT2D eigenvalue weighted by Gasteiger charge is 2.25. The Labute approximate surface area is 98.8 Å². The van der Waals surface area contributed by atoms with Crippen molar-refractivity contribution in [2.75, 3.05) is 0 Å². The lowest BCUT2D eigenvalue weighted by molar-refractivity contribution is -0.120. The number of H-pyrrole nitrogens is 1. The van der Waals surface area contributed by atoms with Crippen molar-refractivity contribution in [2.45, 2.75) is 25.7 Å². The maximum Gasteiger partial charge on any atom is 0.147 e. The molecule has 1 aliphatic rings. The second-order valence-electron chi connectivity index (χ2n) is 4.74. The number of ketones is 1. The molecule has 0 bridgehead atoms. The van der Waals surface area contributed by atoms with Crippen molar-refractivity contribution in [2.24, 2.45) is 5.92 Å². The van der Waals surface area contributed by atoms with Crippen LogP contribution in [0.3, 0.4) is 0 Å². The summed E-state index contributed by atoms with van der Waals surface area (Å²) < 4.78 is 13.5. The largest absolute Gasteiger partial charge is 0.359 e. The number of fused-ring (bicyclic) bond motifs is 1. The molecule has 0 amide bonds. The van der Waals surface area contributed by atoms with E-state index in [1.165, 1.54) is 6.07 Å². The molecule has 0 spiro atoms. The Balaban J connectivity index is 1.95. The van der Waals surface area contributed by atoms with Gasteiger partial charge in [-0.3, -0.25) is 4.79 Å². The molecule has 1 N–H and O–H groups in total. The summed E-state index contributed by atoms with van der Waals surface area (Å²) in [5, 5.41) is 0.907. The number of aromatic nitrogens is 1. The van der Waals surface area contributed by atoms with Gasteiger partial charge in [0.05, 0.1) is 5.52 Å². The van der Waals surface area contributed by atoms with Crippen molar-refractivity contribution in [1.82, 2.24) is 4.98 Å². The Bertz CT molecular complexity index is 573. The number of halogens is 1. The molecule has 0 aliphatic heterocycles.